The van der Waals surface area contributed by atoms with Crippen LogP contribution in [0.15, 0.2) is 0 Å². The predicted molar refractivity (Wildman–Crippen MR) is 115 cm³/mol. The fourth-order valence-corrected chi connectivity index (χ4v) is 3.61. The molecule has 3 heteroatoms. The molecule has 0 saturated carbocycles. The van der Waals surface area contributed by atoms with E-state index in [9.17, 15) is 0 Å². The average Bonchev–Trinajstić information content (AvgIpc) is 3.45. The van der Waals surface area contributed by atoms with Gasteiger partial charge in [0.2, 0.25) is 0 Å². The summed E-state index contributed by atoms with van der Waals surface area (Å²) in [5.41, 5.74) is 0.0134. The molecule has 0 spiro atoms. The van der Waals surface area contributed by atoms with Crippen molar-refractivity contribution in [3.05, 3.63) is 0 Å². The summed E-state index contributed by atoms with van der Waals surface area (Å²) in [5.74, 6) is 0. The highest BCUT2D eigenvalue weighted by Crippen LogP contribution is 2.33. The van der Waals surface area contributed by atoms with Gasteiger partial charge in [-0.2, -0.15) is 0 Å². The zero-order valence-electron chi connectivity index (χ0n) is 18.7. The molecule has 1 heterocycles. The van der Waals surface area contributed by atoms with E-state index in [1.165, 1.54) is 89.9 Å². The first kappa shape index (κ1) is 24.9. The van der Waals surface area contributed by atoms with E-state index in [2.05, 4.69) is 13.8 Å². The molecule has 0 radical (unpaired) electrons. The maximum absolute atomic E-state index is 5.86. The van der Waals surface area contributed by atoms with Crippen molar-refractivity contribution in [1.29, 1.82) is 0 Å². The van der Waals surface area contributed by atoms with Crippen molar-refractivity contribution in [3.8, 4) is 0 Å². The predicted octanol–water partition coefficient (Wildman–Crippen LogP) is 7.42. The van der Waals surface area contributed by atoms with Gasteiger partial charge in [-0.05, 0) is 19.8 Å². The van der Waals surface area contributed by atoms with Gasteiger partial charge in [-0.15, -0.1) is 0 Å². The minimum Gasteiger partial charge on any atom is -0.367 e. The lowest BCUT2D eigenvalue weighted by Gasteiger charge is -2.17. The van der Waals surface area contributed by atoms with Gasteiger partial charge >= 0.3 is 0 Å². The highest BCUT2D eigenvalue weighted by molar-refractivity contribution is 4.91. The number of ether oxygens (including phenoxy) is 3. The van der Waals surface area contributed by atoms with Gasteiger partial charge in [-0.25, -0.2) is 0 Å². The molecular formula is C24H48O3. The van der Waals surface area contributed by atoms with E-state index in [4.69, 9.17) is 14.2 Å². The van der Waals surface area contributed by atoms with Crippen LogP contribution in [0.2, 0.25) is 0 Å². The van der Waals surface area contributed by atoms with Crippen LogP contribution in [-0.4, -0.2) is 31.7 Å². The second-order valence-corrected chi connectivity index (χ2v) is 8.57. The lowest BCUT2D eigenvalue weighted by Crippen LogP contribution is -2.25. The maximum Gasteiger partial charge on any atom is 0.154 e. The molecule has 0 N–H and O–H groups in total. The van der Waals surface area contributed by atoms with E-state index in [1.807, 2.05) is 6.92 Å². The second kappa shape index (κ2) is 16.8. The Balaban J connectivity index is 1.86. The van der Waals surface area contributed by atoms with Gasteiger partial charge in [-0.1, -0.05) is 104 Å². The van der Waals surface area contributed by atoms with Crippen LogP contribution in [0, 0.1) is 0 Å². The van der Waals surface area contributed by atoms with E-state index in [-0.39, 0.29) is 11.9 Å². The summed E-state index contributed by atoms with van der Waals surface area (Å²) < 4.78 is 17.3. The summed E-state index contributed by atoms with van der Waals surface area (Å²) in [7, 11) is 0. The number of rotatable bonds is 21. The quantitative estimate of drug-likeness (QED) is 0.117. The summed E-state index contributed by atoms with van der Waals surface area (Å²) in [6.45, 7) is 8.87. The Morgan fingerprint density at radius 2 is 1.19 bits per heavy atom. The Hall–Kier alpha value is -0.120. The van der Waals surface area contributed by atoms with Gasteiger partial charge in [0, 0.05) is 6.61 Å². The Bertz CT molecular complexity index is 315. The third-order valence-electron chi connectivity index (χ3n) is 5.72. The molecule has 3 nitrogen and oxygen atoms in total. The van der Waals surface area contributed by atoms with Crippen molar-refractivity contribution in [1.82, 2.24) is 0 Å². The molecule has 1 aliphatic rings. The summed E-state index contributed by atoms with van der Waals surface area (Å²) in [5, 5.41) is 0. The van der Waals surface area contributed by atoms with Gasteiger partial charge in [0.15, 0.2) is 6.29 Å². The number of unbranched alkanes of at least 4 members (excludes halogenated alkanes) is 13. The zero-order valence-corrected chi connectivity index (χ0v) is 18.7. The van der Waals surface area contributed by atoms with E-state index in [0.29, 0.717) is 6.61 Å². The zero-order chi connectivity index (χ0) is 19.6. The number of epoxide rings is 1. The Morgan fingerprint density at radius 1 is 0.704 bits per heavy atom. The van der Waals surface area contributed by atoms with Crippen LogP contribution in [-0.2, 0) is 14.2 Å². The first-order valence-electron chi connectivity index (χ1n) is 12.1. The Kier molecular flexibility index (Phi) is 15.5. The lowest BCUT2D eigenvalue weighted by molar-refractivity contribution is -0.142. The second-order valence-electron chi connectivity index (χ2n) is 8.57. The fraction of sp³-hybridized carbons (Fsp3) is 1.00. The molecule has 0 aromatic rings. The standard InChI is InChI=1S/C24H48O3/c1-4-6-8-9-10-11-12-13-14-15-16-17-19-24(22-27-24)21-26-23(3)25-20-18-7-5-2/h23H,4-22H2,1-3H3. The molecule has 1 aliphatic heterocycles. The third kappa shape index (κ3) is 14.5. The molecule has 0 aliphatic carbocycles. The van der Waals surface area contributed by atoms with Gasteiger partial charge in [-0.3, -0.25) is 0 Å². The van der Waals surface area contributed by atoms with Gasteiger partial charge in [0.05, 0.1) is 13.2 Å². The van der Waals surface area contributed by atoms with Gasteiger partial charge < -0.3 is 14.2 Å². The van der Waals surface area contributed by atoms with E-state index >= 15 is 0 Å². The highest BCUT2D eigenvalue weighted by atomic mass is 16.7. The fourth-order valence-electron chi connectivity index (χ4n) is 3.61. The molecule has 1 saturated heterocycles. The van der Waals surface area contributed by atoms with Gasteiger partial charge in [0.1, 0.15) is 5.60 Å². The molecule has 0 aromatic carbocycles. The first-order valence-corrected chi connectivity index (χ1v) is 12.1. The van der Waals surface area contributed by atoms with Crippen LogP contribution >= 0.6 is 0 Å². The topological polar surface area (TPSA) is 31.0 Å². The maximum atomic E-state index is 5.86. The lowest BCUT2D eigenvalue weighted by atomic mass is 10.0. The van der Waals surface area contributed by atoms with Crippen LogP contribution in [0.4, 0.5) is 0 Å². The number of hydrogen-bond acceptors (Lipinski definition) is 3. The smallest absolute Gasteiger partial charge is 0.154 e. The van der Waals surface area contributed by atoms with E-state index in [1.54, 1.807) is 0 Å². The minimum atomic E-state index is -0.107. The van der Waals surface area contributed by atoms with Crippen molar-refractivity contribution in [2.24, 2.45) is 0 Å². The number of hydrogen-bond donors (Lipinski definition) is 0. The summed E-state index contributed by atoms with van der Waals surface area (Å²) in [6.07, 6.45) is 21.4. The Labute approximate surface area is 169 Å². The molecule has 1 fully saturated rings. The van der Waals surface area contributed by atoms with Crippen molar-refractivity contribution in [2.45, 2.75) is 135 Å². The SMILES string of the molecule is CCCCCCCCCCCCCCC1(COC(C)OCCCCC)CO1. The van der Waals surface area contributed by atoms with Crippen molar-refractivity contribution in [2.75, 3.05) is 19.8 Å². The van der Waals surface area contributed by atoms with Gasteiger partial charge in [0.25, 0.3) is 0 Å². The Morgan fingerprint density at radius 3 is 1.70 bits per heavy atom. The van der Waals surface area contributed by atoms with Crippen LogP contribution in [0.25, 0.3) is 0 Å². The van der Waals surface area contributed by atoms with Crippen LogP contribution in [0.3, 0.4) is 0 Å². The normalized spacial score (nSPS) is 20.1. The van der Waals surface area contributed by atoms with Crippen molar-refractivity contribution < 1.29 is 14.2 Å². The van der Waals surface area contributed by atoms with Crippen LogP contribution in [0.1, 0.15) is 124 Å². The van der Waals surface area contributed by atoms with Crippen molar-refractivity contribution >= 4 is 0 Å². The molecule has 162 valence electrons. The molecule has 0 amide bonds. The van der Waals surface area contributed by atoms with Crippen LogP contribution in [0.5, 0.6) is 0 Å². The molecule has 27 heavy (non-hydrogen) atoms. The molecular weight excluding hydrogens is 336 g/mol. The first-order chi connectivity index (χ1) is 13.2. The summed E-state index contributed by atoms with van der Waals surface area (Å²) in [6, 6.07) is 0. The minimum absolute atomic E-state index is 0.0134. The largest absolute Gasteiger partial charge is 0.367 e. The van der Waals surface area contributed by atoms with E-state index < -0.39 is 0 Å². The molecule has 2 atom stereocenters. The molecule has 1 rings (SSSR count). The van der Waals surface area contributed by atoms with Crippen LogP contribution < -0.4 is 0 Å². The summed E-state index contributed by atoms with van der Waals surface area (Å²) >= 11 is 0. The molecule has 2 unspecified atom stereocenters. The van der Waals surface area contributed by atoms with E-state index in [0.717, 1.165) is 26.1 Å². The molecule has 0 bridgehead atoms. The van der Waals surface area contributed by atoms with Crippen molar-refractivity contribution in [3.63, 3.8) is 0 Å². The highest BCUT2D eigenvalue weighted by Gasteiger charge is 2.44. The average molecular weight is 385 g/mol. The summed E-state index contributed by atoms with van der Waals surface area (Å²) in [4.78, 5) is 0. The third-order valence-corrected chi connectivity index (χ3v) is 5.72. The molecule has 0 aromatic heterocycles. The monoisotopic (exact) mass is 384 g/mol.